The van der Waals surface area contributed by atoms with Crippen LogP contribution in [0.3, 0.4) is 0 Å². The number of hydrogen-bond acceptors (Lipinski definition) is 3. The second kappa shape index (κ2) is 8.26. The highest BCUT2D eigenvalue weighted by molar-refractivity contribution is 5.75. The Bertz CT molecular complexity index is 904. The lowest BCUT2D eigenvalue weighted by atomic mass is 10.00. The van der Waals surface area contributed by atoms with Gasteiger partial charge in [0.15, 0.2) is 0 Å². The molecule has 0 spiro atoms. The van der Waals surface area contributed by atoms with E-state index in [0.29, 0.717) is 5.92 Å². The molecule has 0 aliphatic heterocycles. The maximum Gasteiger partial charge on any atom is 0.129 e. The average Bonchev–Trinajstić information content (AvgIpc) is 2.66. The van der Waals surface area contributed by atoms with E-state index in [0.717, 1.165) is 41.2 Å². The van der Waals surface area contributed by atoms with Gasteiger partial charge in [-0.3, -0.25) is 0 Å². The molecular formula is C24H28N2O. The smallest absolute Gasteiger partial charge is 0.129 e. The maximum absolute atomic E-state index is 9.75. The first-order chi connectivity index (χ1) is 12.9. The Morgan fingerprint density at radius 2 is 1.70 bits per heavy atom. The highest BCUT2D eigenvalue weighted by Gasteiger charge is 2.12. The van der Waals surface area contributed by atoms with Crippen molar-refractivity contribution >= 4 is 5.82 Å². The van der Waals surface area contributed by atoms with Crippen molar-refractivity contribution in [3.8, 4) is 28.1 Å². The quantitative estimate of drug-likeness (QED) is 0.593. The number of pyridine rings is 1. The molecule has 0 fully saturated rings. The van der Waals surface area contributed by atoms with Gasteiger partial charge in [-0.1, -0.05) is 44.2 Å². The van der Waals surface area contributed by atoms with Crippen LogP contribution in [0.4, 0.5) is 5.82 Å². The Morgan fingerprint density at radius 3 is 2.37 bits per heavy atom. The van der Waals surface area contributed by atoms with Crippen LogP contribution in [-0.4, -0.2) is 23.7 Å². The van der Waals surface area contributed by atoms with Gasteiger partial charge >= 0.3 is 0 Å². The molecule has 1 N–H and O–H groups in total. The molecule has 0 radical (unpaired) electrons. The summed E-state index contributed by atoms with van der Waals surface area (Å²) in [5.74, 6) is 1.91. The highest BCUT2D eigenvalue weighted by Crippen LogP contribution is 2.31. The largest absolute Gasteiger partial charge is 0.508 e. The summed E-state index contributed by atoms with van der Waals surface area (Å²) in [6.07, 6.45) is 1.13. The molecule has 0 aliphatic rings. The molecule has 0 bridgehead atoms. The van der Waals surface area contributed by atoms with Crippen LogP contribution in [0.15, 0.2) is 60.7 Å². The molecule has 3 heteroatoms. The molecule has 2 aromatic carbocycles. The van der Waals surface area contributed by atoms with Crippen molar-refractivity contribution < 1.29 is 5.11 Å². The van der Waals surface area contributed by atoms with Gasteiger partial charge in [0.25, 0.3) is 0 Å². The topological polar surface area (TPSA) is 36.4 Å². The van der Waals surface area contributed by atoms with Crippen LogP contribution < -0.4 is 4.90 Å². The Kier molecular flexibility index (Phi) is 5.80. The summed E-state index contributed by atoms with van der Waals surface area (Å²) in [7, 11) is 2.10. The lowest BCUT2D eigenvalue weighted by molar-refractivity contribution is 0.475. The van der Waals surface area contributed by atoms with Crippen LogP contribution >= 0.6 is 0 Å². The molecule has 0 unspecified atom stereocenters. The van der Waals surface area contributed by atoms with E-state index in [1.165, 1.54) is 5.56 Å². The minimum Gasteiger partial charge on any atom is -0.508 e. The number of rotatable bonds is 6. The molecule has 1 heterocycles. The van der Waals surface area contributed by atoms with Crippen LogP contribution in [0.25, 0.3) is 22.4 Å². The summed E-state index contributed by atoms with van der Waals surface area (Å²) in [6, 6.07) is 20.2. The predicted molar refractivity (Wildman–Crippen MR) is 114 cm³/mol. The van der Waals surface area contributed by atoms with Crippen molar-refractivity contribution in [3.05, 3.63) is 66.2 Å². The molecule has 0 atom stereocenters. The SMILES string of the molecule is Cc1cc(O)ccc1-c1cc(-c2ccccc2)cc(N(C)CCC(C)C)n1. The van der Waals surface area contributed by atoms with Gasteiger partial charge in [0.1, 0.15) is 11.6 Å². The molecular weight excluding hydrogens is 332 g/mol. The Balaban J connectivity index is 2.08. The minimum atomic E-state index is 0.282. The maximum atomic E-state index is 9.75. The van der Waals surface area contributed by atoms with Crippen molar-refractivity contribution in [2.75, 3.05) is 18.5 Å². The van der Waals surface area contributed by atoms with E-state index in [2.05, 4.69) is 62.2 Å². The standard InChI is InChI=1S/C24H28N2O/c1-17(2)12-13-26(4)24-16-20(19-8-6-5-7-9-19)15-23(25-24)22-11-10-21(27)14-18(22)3/h5-11,14-17,27H,12-13H2,1-4H3. The van der Waals surface area contributed by atoms with E-state index in [1.54, 1.807) is 12.1 Å². The number of benzene rings is 2. The van der Waals surface area contributed by atoms with Gasteiger partial charge in [0, 0.05) is 19.2 Å². The third-order valence-corrected chi connectivity index (χ3v) is 4.84. The van der Waals surface area contributed by atoms with Crippen molar-refractivity contribution in [2.45, 2.75) is 27.2 Å². The Labute approximate surface area is 162 Å². The van der Waals surface area contributed by atoms with Gasteiger partial charge in [0.2, 0.25) is 0 Å². The predicted octanol–water partition coefficient (Wildman–Crippen LogP) is 5.91. The molecule has 140 valence electrons. The number of nitrogens with zero attached hydrogens (tertiary/aromatic N) is 2. The first-order valence-corrected chi connectivity index (χ1v) is 9.52. The molecule has 3 nitrogen and oxygen atoms in total. The lowest BCUT2D eigenvalue weighted by Crippen LogP contribution is -2.21. The summed E-state index contributed by atoms with van der Waals surface area (Å²) in [4.78, 5) is 7.17. The summed E-state index contributed by atoms with van der Waals surface area (Å²) < 4.78 is 0. The second-order valence-corrected chi connectivity index (χ2v) is 7.57. The number of hydrogen-bond donors (Lipinski definition) is 1. The zero-order valence-electron chi connectivity index (χ0n) is 16.6. The normalized spacial score (nSPS) is 11.0. The average molecular weight is 361 g/mol. The van der Waals surface area contributed by atoms with Crippen LogP contribution in [0.1, 0.15) is 25.8 Å². The fourth-order valence-electron chi connectivity index (χ4n) is 3.15. The van der Waals surface area contributed by atoms with Crippen molar-refractivity contribution in [1.82, 2.24) is 4.98 Å². The van der Waals surface area contributed by atoms with E-state index in [-0.39, 0.29) is 5.75 Å². The van der Waals surface area contributed by atoms with E-state index in [1.807, 2.05) is 19.1 Å². The number of aromatic nitrogens is 1. The number of phenols is 1. The van der Waals surface area contributed by atoms with Crippen LogP contribution in [-0.2, 0) is 0 Å². The first kappa shape index (κ1) is 19.0. The molecule has 3 rings (SSSR count). The van der Waals surface area contributed by atoms with Crippen LogP contribution in [0.5, 0.6) is 5.75 Å². The third kappa shape index (κ3) is 4.68. The van der Waals surface area contributed by atoms with E-state index >= 15 is 0 Å². The van der Waals surface area contributed by atoms with Crippen molar-refractivity contribution in [2.24, 2.45) is 5.92 Å². The van der Waals surface area contributed by atoms with Crippen molar-refractivity contribution in [3.63, 3.8) is 0 Å². The number of phenolic OH excluding ortho intramolecular Hbond substituents is 1. The zero-order valence-corrected chi connectivity index (χ0v) is 16.6. The monoisotopic (exact) mass is 360 g/mol. The highest BCUT2D eigenvalue weighted by atomic mass is 16.3. The fraction of sp³-hybridized carbons (Fsp3) is 0.292. The van der Waals surface area contributed by atoms with E-state index in [4.69, 9.17) is 4.98 Å². The lowest BCUT2D eigenvalue weighted by Gasteiger charge is -2.21. The molecule has 0 saturated heterocycles. The molecule has 0 saturated carbocycles. The summed E-state index contributed by atoms with van der Waals surface area (Å²) in [6.45, 7) is 7.46. The first-order valence-electron chi connectivity index (χ1n) is 9.52. The molecule has 1 aromatic heterocycles. The minimum absolute atomic E-state index is 0.282. The van der Waals surface area contributed by atoms with Gasteiger partial charge in [-0.05, 0) is 66.3 Å². The van der Waals surface area contributed by atoms with Gasteiger partial charge < -0.3 is 10.0 Å². The summed E-state index contributed by atoms with van der Waals surface area (Å²) in [5.41, 5.74) is 5.32. The van der Waals surface area contributed by atoms with Gasteiger partial charge in [-0.15, -0.1) is 0 Å². The van der Waals surface area contributed by atoms with Crippen LogP contribution in [0.2, 0.25) is 0 Å². The summed E-state index contributed by atoms with van der Waals surface area (Å²) >= 11 is 0. The summed E-state index contributed by atoms with van der Waals surface area (Å²) in [5, 5.41) is 9.75. The van der Waals surface area contributed by atoms with Gasteiger partial charge in [-0.2, -0.15) is 0 Å². The fourth-order valence-corrected chi connectivity index (χ4v) is 3.15. The molecule has 0 aliphatic carbocycles. The van der Waals surface area contributed by atoms with Crippen LogP contribution in [0, 0.1) is 12.8 Å². The third-order valence-electron chi connectivity index (χ3n) is 4.84. The molecule has 3 aromatic rings. The van der Waals surface area contributed by atoms with E-state index < -0.39 is 0 Å². The number of aryl methyl sites for hydroxylation is 1. The van der Waals surface area contributed by atoms with Gasteiger partial charge in [0.05, 0.1) is 5.69 Å². The molecule has 27 heavy (non-hydrogen) atoms. The molecule has 0 amide bonds. The Hall–Kier alpha value is -2.81. The second-order valence-electron chi connectivity index (χ2n) is 7.57. The van der Waals surface area contributed by atoms with Crippen molar-refractivity contribution in [1.29, 1.82) is 0 Å². The Morgan fingerprint density at radius 1 is 0.963 bits per heavy atom. The number of aromatic hydroxyl groups is 1. The zero-order chi connectivity index (χ0) is 19.4. The van der Waals surface area contributed by atoms with E-state index in [9.17, 15) is 5.11 Å². The van der Waals surface area contributed by atoms with Gasteiger partial charge in [-0.25, -0.2) is 4.98 Å². The number of anilines is 1.